The third kappa shape index (κ3) is 4.38. The van der Waals surface area contributed by atoms with E-state index in [1.54, 1.807) is 0 Å². The fourth-order valence-corrected chi connectivity index (χ4v) is 3.38. The minimum absolute atomic E-state index is 0.0727. The normalized spacial score (nSPS) is 18.1. The Labute approximate surface area is 161 Å². The van der Waals surface area contributed by atoms with Crippen LogP contribution in [0.1, 0.15) is 29.0 Å². The molecule has 3 aromatic rings. The molecule has 0 saturated carbocycles. The zero-order valence-corrected chi connectivity index (χ0v) is 15.9. The fraction of sp³-hybridized carbons (Fsp3) is 0.300. The molecule has 26 heavy (non-hydrogen) atoms. The van der Waals surface area contributed by atoms with E-state index in [2.05, 4.69) is 55.3 Å². The fourth-order valence-electron chi connectivity index (χ4n) is 3.11. The van der Waals surface area contributed by atoms with Gasteiger partial charge in [-0.3, -0.25) is 4.90 Å². The van der Waals surface area contributed by atoms with E-state index in [0.717, 1.165) is 17.6 Å². The summed E-state index contributed by atoms with van der Waals surface area (Å²) in [6.45, 7) is 3.03. The van der Waals surface area contributed by atoms with Gasteiger partial charge in [-0.25, -0.2) is 0 Å². The molecule has 1 saturated heterocycles. The Bertz CT molecular complexity index is 836. The first-order valence-corrected chi connectivity index (χ1v) is 9.50. The van der Waals surface area contributed by atoms with Gasteiger partial charge in [-0.2, -0.15) is 0 Å². The average molecular weight is 414 g/mol. The SMILES string of the molecule is Brc1ccc([C@@H]2CN(Cc3nnc(Cc4ccccc4)o3)CCO2)cc1. The highest BCUT2D eigenvalue weighted by Crippen LogP contribution is 2.24. The molecule has 0 spiro atoms. The predicted octanol–water partition coefficient (Wildman–Crippen LogP) is 4.00. The molecule has 1 aliphatic rings. The molecule has 1 aliphatic heterocycles. The van der Waals surface area contributed by atoms with Crippen molar-refractivity contribution >= 4 is 15.9 Å². The summed E-state index contributed by atoms with van der Waals surface area (Å²) in [6, 6.07) is 18.5. The minimum Gasteiger partial charge on any atom is -0.424 e. The van der Waals surface area contributed by atoms with Crippen molar-refractivity contribution < 1.29 is 9.15 Å². The number of rotatable bonds is 5. The first-order chi connectivity index (χ1) is 12.8. The summed E-state index contributed by atoms with van der Waals surface area (Å²) >= 11 is 3.47. The van der Waals surface area contributed by atoms with Crippen LogP contribution in [-0.2, 0) is 17.7 Å². The van der Waals surface area contributed by atoms with Gasteiger partial charge in [0.05, 0.1) is 25.7 Å². The van der Waals surface area contributed by atoms with E-state index in [9.17, 15) is 0 Å². The van der Waals surface area contributed by atoms with Gasteiger partial charge in [0.2, 0.25) is 11.8 Å². The van der Waals surface area contributed by atoms with Crippen molar-refractivity contribution in [1.29, 1.82) is 0 Å². The Balaban J connectivity index is 1.37. The predicted molar refractivity (Wildman–Crippen MR) is 102 cm³/mol. The number of morpholine rings is 1. The van der Waals surface area contributed by atoms with Crippen molar-refractivity contribution in [3.8, 4) is 0 Å². The molecule has 6 heteroatoms. The van der Waals surface area contributed by atoms with Crippen LogP contribution in [-0.4, -0.2) is 34.8 Å². The van der Waals surface area contributed by atoms with Crippen LogP contribution >= 0.6 is 15.9 Å². The smallest absolute Gasteiger partial charge is 0.230 e. The molecular formula is C20H20BrN3O2. The first-order valence-electron chi connectivity index (χ1n) is 8.71. The second-order valence-electron chi connectivity index (χ2n) is 6.40. The molecule has 5 nitrogen and oxygen atoms in total. The van der Waals surface area contributed by atoms with Crippen LogP contribution in [0.2, 0.25) is 0 Å². The third-order valence-electron chi connectivity index (χ3n) is 4.46. The van der Waals surface area contributed by atoms with Gasteiger partial charge in [0.1, 0.15) is 0 Å². The summed E-state index contributed by atoms with van der Waals surface area (Å²) in [7, 11) is 0. The lowest BCUT2D eigenvalue weighted by molar-refractivity contribution is -0.0352. The second kappa shape index (κ2) is 8.12. The van der Waals surface area contributed by atoms with Crippen LogP contribution in [0.15, 0.2) is 63.5 Å². The van der Waals surface area contributed by atoms with Crippen LogP contribution in [0.4, 0.5) is 0 Å². The molecule has 0 amide bonds. The largest absolute Gasteiger partial charge is 0.424 e. The maximum Gasteiger partial charge on any atom is 0.230 e. The summed E-state index contributed by atoms with van der Waals surface area (Å²) in [5.74, 6) is 1.32. The Morgan fingerprint density at radius 2 is 1.77 bits per heavy atom. The summed E-state index contributed by atoms with van der Waals surface area (Å²) < 4.78 is 12.8. The maximum atomic E-state index is 5.93. The maximum absolute atomic E-state index is 5.93. The van der Waals surface area contributed by atoms with E-state index in [1.165, 1.54) is 11.1 Å². The number of halogens is 1. The Morgan fingerprint density at radius 1 is 1.00 bits per heavy atom. The summed E-state index contributed by atoms with van der Waals surface area (Å²) in [5, 5.41) is 8.39. The van der Waals surface area contributed by atoms with E-state index in [-0.39, 0.29) is 6.10 Å². The van der Waals surface area contributed by atoms with E-state index < -0.39 is 0 Å². The van der Waals surface area contributed by atoms with Crippen LogP contribution in [0, 0.1) is 0 Å². The topological polar surface area (TPSA) is 51.4 Å². The highest BCUT2D eigenvalue weighted by atomic mass is 79.9. The molecule has 0 aliphatic carbocycles. The van der Waals surface area contributed by atoms with Gasteiger partial charge in [-0.05, 0) is 23.3 Å². The summed E-state index contributed by atoms with van der Waals surface area (Å²) in [5.41, 5.74) is 2.36. The number of aromatic nitrogens is 2. The molecule has 2 heterocycles. The Kier molecular flexibility index (Phi) is 5.43. The zero-order chi connectivity index (χ0) is 17.8. The van der Waals surface area contributed by atoms with Gasteiger partial charge >= 0.3 is 0 Å². The number of ether oxygens (including phenoxy) is 1. The lowest BCUT2D eigenvalue weighted by Crippen LogP contribution is -2.37. The van der Waals surface area contributed by atoms with E-state index in [0.29, 0.717) is 31.4 Å². The van der Waals surface area contributed by atoms with Crippen molar-refractivity contribution in [2.75, 3.05) is 19.7 Å². The molecule has 1 fully saturated rings. The second-order valence-corrected chi connectivity index (χ2v) is 7.31. The molecule has 0 N–H and O–H groups in total. The van der Waals surface area contributed by atoms with Crippen LogP contribution in [0.25, 0.3) is 0 Å². The molecule has 0 unspecified atom stereocenters. The molecular weight excluding hydrogens is 394 g/mol. The Hall–Kier alpha value is -2.02. The van der Waals surface area contributed by atoms with Crippen molar-refractivity contribution in [2.45, 2.75) is 19.1 Å². The van der Waals surface area contributed by atoms with Gasteiger partial charge < -0.3 is 9.15 Å². The van der Waals surface area contributed by atoms with E-state index in [1.807, 2.05) is 30.3 Å². The van der Waals surface area contributed by atoms with Gasteiger partial charge in [0.25, 0.3) is 0 Å². The van der Waals surface area contributed by atoms with Crippen LogP contribution in [0.5, 0.6) is 0 Å². The van der Waals surface area contributed by atoms with Crippen LogP contribution < -0.4 is 0 Å². The monoisotopic (exact) mass is 413 g/mol. The Morgan fingerprint density at radius 3 is 2.58 bits per heavy atom. The van der Waals surface area contributed by atoms with Gasteiger partial charge in [-0.1, -0.05) is 58.4 Å². The highest BCUT2D eigenvalue weighted by Gasteiger charge is 2.23. The zero-order valence-electron chi connectivity index (χ0n) is 14.3. The minimum atomic E-state index is 0.0727. The van der Waals surface area contributed by atoms with Crippen molar-refractivity contribution in [2.24, 2.45) is 0 Å². The number of nitrogens with zero attached hydrogens (tertiary/aromatic N) is 3. The molecule has 0 radical (unpaired) electrons. The number of benzene rings is 2. The summed E-state index contributed by atoms with van der Waals surface area (Å²) in [4.78, 5) is 2.30. The standard InChI is InChI=1S/C20H20BrN3O2/c21-17-8-6-16(7-9-17)18-13-24(10-11-25-18)14-20-23-22-19(26-20)12-15-4-2-1-3-5-15/h1-9,18H,10-14H2/t18-/m0/s1. The van der Waals surface area contributed by atoms with Gasteiger partial charge in [0.15, 0.2) is 0 Å². The number of hydrogen-bond donors (Lipinski definition) is 0. The quantitative estimate of drug-likeness (QED) is 0.632. The van der Waals surface area contributed by atoms with Crippen molar-refractivity contribution in [3.05, 3.63) is 82.0 Å². The lowest BCUT2D eigenvalue weighted by Gasteiger charge is -2.32. The van der Waals surface area contributed by atoms with Crippen molar-refractivity contribution in [1.82, 2.24) is 15.1 Å². The van der Waals surface area contributed by atoms with E-state index in [4.69, 9.17) is 9.15 Å². The first kappa shape index (κ1) is 17.4. The molecule has 1 aromatic heterocycles. The van der Waals surface area contributed by atoms with Gasteiger partial charge in [0, 0.05) is 17.6 Å². The third-order valence-corrected chi connectivity index (χ3v) is 4.99. The molecule has 0 bridgehead atoms. The van der Waals surface area contributed by atoms with E-state index >= 15 is 0 Å². The number of hydrogen-bond acceptors (Lipinski definition) is 5. The summed E-state index contributed by atoms with van der Waals surface area (Å²) in [6.07, 6.45) is 0.738. The van der Waals surface area contributed by atoms with Crippen molar-refractivity contribution in [3.63, 3.8) is 0 Å². The average Bonchev–Trinajstić information content (AvgIpc) is 3.10. The molecule has 134 valence electrons. The highest BCUT2D eigenvalue weighted by molar-refractivity contribution is 9.10. The lowest BCUT2D eigenvalue weighted by atomic mass is 10.1. The van der Waals surface area contributed by atoms with Gasteiger partial charge in [-0.15, -0.1) is 10.2 Å². The molecule has 2 aromatic carbocycles. The molecule has 4 rings (SSSR count). The molecule has 1 atom stereocenters. The van der Waals surface area contributed by atoms with Crippen LogP contribution in [0.3, 0.4) is 0 Å².